The number of carbonyl (C=O) groups is 1. The summed E-state index contributed by atoms with van der Waals surface area (Å²) in [5.41, 5.74) is 0.477. The van der Waals surface area contributed by atoms with E-state index in [-0.39, 0.29) is 11.7 Å². The van der Waals surface area contributed by atoms with Crippen molar-refractivity contribution in [2.24, 2.45) is 0 Å². The normalized spacial score (nSPS) is 18.7. The van der Waals surface area contributed by atoms with E-state index >= 15 is 0 Å². The molecule has 0 bridgehead atoms. The molecule has 0 spiro atoms. The van der Waals surface area contributed by atoms with Crippen LogP contribution >= 0.6 is 0 Å². The first-order chi connectivity index (χ1) is 16.5. The zero-order chi connectivity index (χ0) is 24.1. The summed E-state index contributed by atoms with van der Waals surface area (Å²) in [5.74, 6) is 0.794. The predicted molar refractivity (Wildman–Crippen MR) is 127 cm³/mol. The number of nitrogens with one attached hydrogen (secondary N) is 2. The van der Waals surface area contributed by atoms with Crippen molar-refractivity contribution in [2.45, 2.75) is 25.8 Å². The summed E-state index contributed by atoms with van der Waals surface area (Å²) in [5, 5.41) is 15.6. The summed E-state index contributed by atoms with van der Waals surface area (Å²) in [6.45, 7) is 6.63. The van der Waals surface area contributed by atoms with Gasteiger partial charge in [-0.15, -0.1) is 0 Å². The van der Waals surface area contributed by atoms with Gasteiger partial charge in [0.05, 0.1) is 7.11 Å². The molecule has 2 saturated heterocycles. The number of benzene rings is 1. The molecule has 184 valence electrons. The number of anilines is 4. The second-order valence-electron chi connectivity index (χ2n) is 8.32. The fourth-order valence-corrected chi connectivity index (χ4v) is 4.36. The van der Waals surface area contributed by atoms with E-state index in [4.69, 9.17) is 4.74 Å². The first kappa shape index (κ1) is 23.7. The molecular formula is C22H31FN8O3. The maximum Gasteiger partial charge on any atom is 0.407 e. The van der Waals surface area contributed by atoms with Crippen molar-refractivity contribution in [3.63, 3.8) is 0 Å². The van der Waals surface area contributed by atoms with Gasteiger partial charge in [0.1, 0.15) is 0 Å². The van der Waals surface area contributed by atoms with E-state index in [1.54, 1.807) is 6.07 Å². The van der Waals surface area contributed by atoms with Crippen LogP contribution in [0.2, 0.25) is 0 Å². The molecule has 1 unspecified atom stereocenters. The van der Waals surface area contributed by atoms with Gasteiger partial charge >= 0.3 is 6.09 Å². The molecular weight excluding hydrogens is 443 g/mol. The van der Waals surface area contributed by atoms with Gasteiger partial charge in [0.2, 0.25) is 17.8 Å². The Morgan fingerprint density at radius 3 is 2.62 bits per heavy atom. The number of hydrogen-bond acceptors (Lipinski definition) is 9. The number of nitrogens with zero attached hydrogens (tertiary/aromatic N) is 6. The molecule has 2 fully saturated rings. The van der Waals surface area contributed by atoms with Crippen LogP contribution in [0.1, 0.15) is 19.8 Å². The number of methoxy groups -OCH3 is 1. The third-order valence-electron chi connectivity index (χ3n) is 6.27. The van der Waals surface area contributed by atoms with Crippen LogP contribution in [0.4, 0.5) is 32.7 Å². The van der Waals surface area contributed by atoms with Gasteiger partial charge in [0, 0.05) is 50.5 Å². The lowest BCUT2D eigenvalue weighted by Crippen LogP contribution is -2.49. The molecule has 1 amide bonds. The Morgan fingerprint density at radius 1 is 1.18 bits per heavy atom. The zero-order valence-electron chi connectivity index (χ0n) is 19.5. The number of amides is 1. The highest BCUT2D eigenvalue weighted by Gasteiger charge is 2.25. The number of aromatic nitrogens is 3. The number of likely N-dealkylation sites (N-methyl/N-ethyl adjacent to an activating group) is 1. The lowest BCUT2D eigenvalue weighted by Gasteiger charge is -2.33. The maximum atomic E-state index is 14.2. The summed E-state index contributed by atoms with van der Waals surface area (Å²) in [6, 6.07) is 4.95. The van der Waals surface area contributed by atoms with Crippen LogP contribution in [-0.2, 0) is 0 Å². The molecule has 0 radical (unpaired) electrons. The first-order valence-electron chi connectivity index (χ1n) is 11.5. The molecule has 2 aromatic rings. The van der Waals surface area contributed by atoms with Gasteiger partial charge in [0.15, 0.2) is 11.6 Å². The highest BCUT2D eigenvalue weighted by molar-refractivity contribution is 5.65. The predicted octanol–water partition coefficient (Wildman–Crippen LogP) is 2.46. The van der Waals surface area contributed by atoms with E-state index in [1.165, 1.54) is 30.6 Å². The number of carboxylic acid groups (broad SMARTS) is 1. The monoisotopic (exact) mass is 474 g/mol. The molecule has 0 saturated carbocycles. The molecule has 1 atom stereocenters. The van der Waals surface area contributed by atoms with Gasteiger partial charge in [-0.1, -0.05) is 6.92 Å². The first-order valence-corrected chi connectivity index (χ1v) is 11.5. The van der Waals surface area contributed by atoms with Gasteiger partial charge in [0.25, 0.3) is 0 Å². The molecule has 0 aliphatic carbocycles. The van der Waals surface area contributed by atoms with Crippen molar-refractivity contribution >= 4 is 29.6 Å². The molecule has 3 N–H and O–H groups in total. The molecule has 1 aromatic carbocycles. The Kier molecular flexibility index (Phi) is 7.46. The number of hydrogen-bond donors (Lipinski definition) is 3. The van der Waals surface area contributed by atoms with E-state index in [2.05, 4.69) is 37.4 Å². The fourth-order valence-electron chi connectivity index (χ4n) is 4.36. The second-order valence-corrected chi connectivity index (χ2v) is 8.32. The lowest BCUT2D eigenvalue weighted by molar-refractivity contribution is 0.142. The molecule has 3 heterocycles. The van der Waals surface area contributed by atoms with Crippen LogP contribution in [0.15, 0.2) is 18.2 Å². The summed E-state index contributed by atoms with van der Waals surface area (Å²) < 4.78 is 19.2. The van der Waals surface area contributed by atoms with Crippen LogP contribution in [0.5, 0.6) is 5.75 Å². The van der Waals surface area contributed by atoms with Crippen LogP contribution in [-0.4, -0.2) is 94.9 Å². The van der Waals surface area contributed by atoms with Crippen LogP contribution in [0.3, 0.4) is 0 Å². The zero-order valence-corrected chi connectivity index (χ0v) is 19.5. The third-order valence-corrected chi connectivity index (χ3v) is 6.27. The average Bonchev–Trinajstić information content (AvgIpc) is 3.30. The Balaban J connectivity index is 1.54. The van der Waals surface area contributed by atoms with E-state index in [9.17, 15) is 14.3 Å². The van der Waals surface area contributed by atoms with Gasteiger partial charge in [-0.2, -0.15) is 15.0 Å². The van der Waals surface area contributed by atoms with Crippen LogP contribution in [0.25, 0.3) is 0 Å². The lowest BCUT2D eigenvalue weighted by atomic mass is 10.2. The number of halogens is 1. The Hall–Kier alpha value is -3.41. The highest BCUT2D eigenvalue weighted by atomic mass is 19.1. The Bertz CT molecular complexity index is 1000. The number of rotatable bonds is 8. The smallest absolute Gasteiger partial charge is 0.407 e. The number of likely N-dealkylation sites (tertiary alicyclic amines) is 1. The summed E-state index contributed by atoms with van der Waals surface area (Å²) >= 11 is 0. The van der Waals surface area contributed by atoms with E-state index in [1.807, 2.05) is 4.90 Å². The van der Waals surface area contributed by atoms with Crippen molar-refractivity contribution in [1.82, 2.24) is 24.8 Å². The molecule has 1 aromatic heterocycles. The van der Waals surface area contributed by atoms with Crippen molar-refractivity contribution in [2.75, 3.05) is 68.5 Å². The quantitative estimate of drug-likeness (QED) is 0.526. The SMILES string of the molecule is CCN1CCCC1CNc1nc(Nc2ccc(OC)c(F)c2)nc(N2CCN(C(=O)O)CC2)n1. The third kappa shape index (κ3) is 5.56. The largest absolute Gasteiger partial charge is 0.494 e. The van der Waals surface area contributed by atoms with Crippen LogP contribution < -0.4 is 20.3 Å². The minimum Gasteiger partial charge on any atom is -0.494 e. The van der Waals surface area contributed by atoms with Crippen LogP contribution in [0, 0.1) is 5.82 Å². The molecule has 2 aliphatic heterocycles. The minimum absolute atomic E-state index is 0.151. The topological polar surface area (TPSA) is 119 Å². The molecule has 34 heavy (non-hydrogen) atoms. The van der Waals surface area contributed by atoms with Gasteiger partial charge in [-0.05, 0) is 38.1 Å². The van der Waals surface area contributed by atoms with Crippen molar-refractivity contribution in [3.05, 3.63) is 24.0 Å². The Labute approximate surface area is 197 Å². The molecule has 2 aliphatic rings. The van der Waals surface area contributed by atoms with Crippen molar-refractivity contribution in [1.29, 1.82) is 0 Å². The van der Waals surface area contributed by atoms with E-state index < -0.39 is 11.9 Å². The Morgan fingerprint density at radius 2 is 1.94 bits per heavy atom. The molecule has 12 heteroatoms. The van der Waals surface area contributed by atoms with Gasteiger partial charge in [-0.25, -0.2) is 9.18 Å². The number of ether oxygens (including phenoxy) is 1. The summed E-state index contributed by atoms with van der Waals surface area (Å²) in [4.78, 5) is 30.6. The van der Waals surface area contributed by atoms with E-state index in [0.29, 0.717) is 56.3 Å². The van der Waals surface area contributed by atoms with E-state index in [0.717, 1.165) is 19.5 Å². The molecule has 4 rings (SSSR count). The highest BCUT2D eigenvalue weighted by Crippen LogP contribution is 2.24. The fraction of sp³-hybridized carbons (Fsp3) is 0.545. The average molecular weight is 475 g/mol. The van der Waals surface area contributed by atoms with Crippen molar-refractivity contribution < 1.29 is 19.0 Å². The van der Waals surface area contributed by atoms with Crippen molar-refractivity contribution in [3.8, 4) is 5.75 Å². The van der Waals surface area contributed by atoms with Gasteiger partial charge < -0.3 is 30.3 Å². The molecule has 11 nitrogen and oxygen atoms in total. The summed E-state index contributed by atoms with van der Waals surface area (Å²) in [6.07, 6.45) is 1.36. The standard InChI is InChI=1S/C22H31FN8O3/c1-3-29-8-4-5-16(29)14-24-19-26-20(25-15-6-7-18(34-2)17(23)13-15)28-21(27-19)30-9-11-31(12-10-30)22(32)33/h6-7,13,16H,3-5,8-12,14H2,1-2H3,(H,32,33)(H2,24,25,26,27,28). The maximum absolute atomic E-state index is 14.2. The number of piperazine rings is 1. The summed E-state index contributed by atoms with van der Waals surface area (Å²) in [7, 11) is 1.41. The van der Waals surface area contributed by atoms with Gasteiger partial charge in [-0.3, -0.25) is 4.90 Å². The minimum atomic E-state index is -0.932. The second kappa shape index (κ2) is 10.7.